The lowest BCUT2D eigenvalue weighted by Gasteiger charge is -2.08. The van der Waals surface area contributed by atoms with Gasteiger partial charge >= 0.3 is 6.18 Å². The lowest BCUT2D eigenvalue weighted by Crippen LogP contribution is -2.08. The first-order valence-corrected chi connectivity index (χ1v) is 5.51. The van der Waals surface area contributed by atoms with Gasteiger partial charge in [-0.2, -0.15) is 13.2 Å². The average Bonchev–Trinajstić information content (AvgIpc) is 2.28. The molecule has 0 aliphatic rings. The Morgan fingerprint density at radius 3 is 2.47 bits per heavy atom. The molecule has 0 spiro atoms. The van der Waals surface area contributed by atoms with Crippen molar-refractivity contribution in [3.05, 3.63) is 23.9 Å². The van der Waals surface area contributed by atoms with Crippen LogP contribution in [0, 0.1) is 0 Å². The van der Waals surface area contributed by atoms with E-state index < -0.39 is 11.7 Å². The summed E-state index contributed by atoms with van der Waals surface area (Å²) in [5, 5.41) is 2.96. The quantitative estimate of drug-likeness (QED) is 0.760. The second-order valence-electron chi connectivity index (χ2n) is 3.71. The summed E-state index contributed by atoms with van der Waals surface area (Å²) in [5.41, 5.74) is 4.61. The van der Waals surface area contributed by atoms with E-state index in [1.165, 1.54) is 6.07 Å². The molecule has 0 radical (unpaired) electrons. The number of pyridine rings is 1. The van der Waals surface area contributed by atoms with E-state index >= 15 is 0 Å². The second kappa shape index (κ2) is 6.44. The van der Waals surface area contributed by atoms with E-state index in [0.717, 1.165) is 31.5 Å². The van der Waals surface area contributed by atoms with Crippen LogP contribution < -0.4 is 11.1 Å². The SMILES string of the molecule is NCCCCCNc1ccc(C(F)(F)F)cn1. The monoisotopic (exact) mass is 247 g/mol. The number of hydrogen-bond acceptors (Lipinski definition) is 3. The highest BCUT2D eigenvalue weighted by Gasteiger charge is 2.30. The van der Waals surface area contributed by atoms with Crippen LogP contribution in [0.15, 0.2) is 18.3 Å². The van der Waals surface area contributed by atoms with Crippen LogP contribution in [-0.2, 0) is 6.18 Å². The van der Waals surface area contributed by atoms with Crippen molar-refractivity contribution in [2.24, 2.45) is 5.73 Å². The maximum Gasteiger partial charge on any atom is 0.417 e. The third-order valence-corrected chi connectivity index (χ3v) is 2.28. The molecular formula is C11H16F3N3. The van der Waals surface area contributed by atoms with Crippen LogP contribution in [0.5, 0.6) is 0 Å². The van der Waals surface area contributed by atoms with Crippen molar-refractivity contribution in [1.82, 2.24) is 4.98 Å². The Bertz CT molecular complexity index is 322. The molecule has 1 aromatic rings. The van der Waals surface area contributed by atoms with Gasteiger partial charge in [-0.1, -0.05) is 6.42 Å². The zero-order chi connectivity index (χ0) is 12.7. The maximum atomic E-state index is 12.2. The molecule has 0 aromatic carbocycles. The van der Waals surface area contributed by atoms with E-state index in [1.54, 1.807) is 0 Å². The zero-order valence-electron chi connectivity index (χ0n) is 9.43. The minimum atomic E-state index is -4.33. The summed E-state index contributed by atoms with van der Waals surface area (Å²) < 4.78 is 36.7. The predicted molar refractivity (Wildman–Crippen MR) is 60.6 cm³/mol. The summed E-state index contributed by atoms with van der Waals surface area (Å²) in [6, 6.07) is 2.36. The van der Waals surface area contributed by atoms with Gasteiger partial charge in [0.05, 0.1) is 5.56 Å². The molecule has 3 N–H and O–H groups in total. The molecule has 96 valence electrons. The van der Waals surface area contributed by atoms with Crippen LogP contribution in [0.2, 0.25) is 0 Å². The fourth-order valence-corrected chi connectivity index (χ4v) is 1.33. The number of aromatic nitrogens is 1. The Labute approximate surface area is 98.2 Å². The second-order valence-corrected chi connectivity index (χ2v) is 3.71. The number of alkyl halides is 3. The minimum Gasteiger partial charge on any atom is -0.370 e. The third kappa shape index (κ3) is 5.04. The van der Waals surface area contributed by atoms with Gasteiger partial charge < -0.3 is 11.1 Å². The Morgan fingerprint density at radius 1 is 1.18 bits per heavy atom. The Balaban J connectivity index is 2.36. The van der Waals surface area contributed by atoms with Gasteiger partial charge in [-0.25, -0.2) is 4.98 Å². The molecule has 0 saturated heterocycles. The van der Waals surface area contributed by atoms with Gasteiger partial charge in [-0.15, -0.1) is 0 Å². The summed E-state index contributed by atoms with van der Waals surface area (Å²) in [4.78, 5) is 3.71. The number of hydrogen-bond donors (Lipinski definition) is 2. The smallest absolute Gasteiger partial charge is 0.370 e. The van der Waals surface area contributed by atoms with E-state index in [4.69, 9.17) is 5.73 Å². The van der Waals surface area contributed by atoms with Crippen LogP contribution in [0.1, 0.15) is 24.8 Å². The molecule has 17 heavy (non-hydrogen) atoms. The third-order valence-electron chi connectivity index (χ3n) is 2.28. The standard InChI is InChI=1S/C11H16F3N3/c12-11(13,14)9-4-5-10(17-8-9)16-7-3-1-2-6-15/h4-5,8H,1-3,6-7,15H2,(H,16,17). The summed E-state index contributed by atoms with van der Waals surface area (Å²) >= 11 is 0. The highest BCUT2D eigenvalue weighted by molar-refractivity contribution is 5.35. The van der Waals surface area contributed by atoms with Gasteiger partial charge in [-0.05, 0) is 31.5 Å². The summed E-state index contributed by atoms with van der Waals surface area (Å²) in [6.07, 6.45) is -0.596. The molecule has 0 aliphatic heterocycles. The summed E-state index contributed by atoms with van der Waals surface area (Å²) in [5.74, 6) is 0.464. The molecule has 1 heterocycles. The van der Waals surface area contributed by atoms with Gasteiger partial charge in [0.1, 0.15) is 5.82 Å². The first-order valence-electron chi connectivity index (χ1n) is 5.51. The highest BCUT2D eigenvalue weighted by Crippen LogP contribution is 2.28. The van der Waals surface area contributed by atoms with Crippen molar-refractivity contribution in [2.75, 3.05) is 18.4 Å². The Hall–Kier alpha value is -1.30. The van der Waals surface area contributed by atoms with Crippen molar-refractivity contribution in [1.29, 1.82) is 0 Å². The largest absolute Gasteiger partial charge is 0.417 e. The number of nitrogens with zero attached hydrogens (tertiary/aromatic N) is 1. The van der Waals surface area contributed by atoms with Crippen LogP contribution in [0.25, 0.3) is 0 Å². The number of rotatable bonds is 6. The van der Waals surface area contributed by atoms with Gasteiger partial charge in [-0.3, -0.25) is 0 Å². The van der Waals surface area contributed by atoms with Crippen molar-refractivity contribution in [3.63, 3.8) is 0 Å². The van der Waals surface area contributed by atoms with E-state index in [2.05, 4.69) is 10.3 Å². The first kappa shape index (κ1) is 13.8. The number of nitrogens with two attached hydrogens (primary N) is 1. The number of nitrogens with one attached hydrogen (secondary N) is 1. The topological polar surface area (TPSA) is 50.9 Å². The molecule has 0 aliphatic carbocycles. The molecule has 6 heteroatoms. The van der Waals surface area contributed by atoms with Gasteiger partial charge in [0.2, 0.25) is 0 Å². The fraction of sp³-hybridized carbons (Fsp3) is 0.545. The Kier molecular flexibility index (Phi) is 5.21. The van der Waals surface area contributed by atoms with E-state index in [1.807, 2.05) is 0 Å². The predicted octanol–water partition coefficient (Wildman–Crippen LogP) is 2.64. The molecule has 0 bridgehead atoms. The Morgan fingerprint density at radius 2 is 1.94 bits per heavy atom. The molecule has 1 aromatic heterocycles. The average molecular weight is 247 g/mol. The molecule has 0 unspecified atom stereocenters. The maximum absolute atomic E-state index is 12.2. The molecule has 0 saturated carbocycles. The molecule has 1 rings (SSSR count). The van der Waals surface area contributed by atoms with Gasteiger partial charge in [0, 0.05) is 12.7 Å². The van der Waals surface area contributed by atoms with Crippen molar-refractivity contribution >= 4 is 5.82 Å². The van der Waals surface area contributed by atoms with E-state index in [0.29, 0.717) is 18.9 Å². The summed E-state index contributed by atoms with van der Waals surface area (Å²) in [7, 11) is 0. The molecule has 0 atom stereocenters. The molecule has 3 nitrogen and oxygen atoms in total. The van der Waals surface area contributed by atoms with Crippen molar-refractivity contribution in [2.45, 2.75) is 25.4 Å². The highest BCUT2D eigenvalue weighted by atomic mass is 19.4. The number of halogens is 3. The minimum absolute atomic E-state index is 0.464. The van der Waals surface area contributed by atoms with Gasteiger partial charge in [0.15, 0.2) is 0 Å². The molecule has 0 fully saturated rings. The fourth-order valence-electron chi connectivity index (χ4n) is 1.33. The lowest BCUT2D eigenvalue weighted by atomic mass is 10.2. The van der Waals surface area contributed by atoms with E-state index in [9.17, 15) is 13.2 Å². The lowest BCUT2D eigenvalue weighted by molar-refractivity contribution is -0.137. The molecule has 0 amide bonds. The number of unbranched alkanes of at least 4 members (excludes halogenated alkanes) is 2. The van der Waals surface area contributed by atoms with Crippen LogP contribution in [0.3, 0.4) is 0 Å². The van der Waals surface area contributed by atoms with Crippen molar-refractivity contribution < 1.29 is 13.2 Å². The normalized spacial score (nSPS) is 11.5. The zero-order valence-corrected chi connectivity index (χ0v) is 9.43. The van der Waals surface area contributed by atoms with Crippen molar-refractivity contribution in [3.8, 4) is 0 Å². The molecular weight excluding hydrogens is 231 g/mol. The summed E-state index contributed by atoms with van der Waals surface area (Å²) in [6.45, 7) is 1.36. The number of anilines is 1. The van der Waals surface area contributed by atoms with Crippen LogP contribution in [0.4, 0.5) is 19.0 Å². The van der Waals surface area contributed by atoms with E-state index in [-0.39, 0.29) is 0 Å². The van der Waals surface area contributed by atoms with Gasteiger partial charge in [0.25, 0.3) is 0 Å². The first-order chi connectivity index (χ1) is 8.04. The van der Waals surface area contributed by atoms with Crippen LogP contribution >= 0.6 is 0 Å². The van der Waals surface area contributed by atoms with Crippen LogP contribution in [-0.4, -0.2) is 18.1 Å².